The number of likely N-dealkylation sites (tertiary alicyclic amines) is 1. The van der Waals surface area contributed by atoms with Crippen molar-refractivity contribution in [3.8, 4) is 11.3 Å². The number of piperidine rings is 1. The lowest BCUT2D eigenvalue weighted by molar-refractivity contribution is -0.132. The van der Waals surface area contributed by atoms with Gasteiger partial charge in [-0.25, -0.2) is 4.98 Å². The zero-order valence-corrected chi connectivity index (χ0v) is 18.6. The van der Waals surface area contributed by atoms with Gasteiger partial charge in [-0.15, -0.1) is 24.8 Å². The number of hydrogen-bond acceptors (Lipinski definition) is 4. The van der Waals surface area contributed by atoms with E-state index >= 15 is 0 Å². The van der Waals surface area contributed by atoms with E-state index < -0.39 is 0 Å². The fourth-order valence-electron chi connectivity index (χ4n) is 3.64. The molecule has 1 aromatic carbocycles. The SMILES string of the molecule is Cc1ccc(-c2cnc(CCC(=O)N3CCC(NCC4CC4)CC3)o2)cc1.Cl.Cl. The smallest absolute Gasteiger partial charge is 0.223 e. The minimum absolute atomic E-state index is 0. The minimum atomic E-state index is 0. The summed E-state index contributed by atoms with van der Waals surface area (Å²) in [6.45, 7) is 4.95. The van der Waals surface area contributed by atoms with Gasteiger partial charge in [-0.2, -0.15) is 0 Å². The number of nitrogens with zero attached hydrogens (tertiary/aromatic N) is 2. The van der Waals surface area contributed by atoms with E-state index in [0.29, 0.717) is 24.8 Å². The number of aromatic nitrogens is 1. The molecule has 2 fully saturated rings. The predicted octanol–water partition coefficient (Wildman–Crippen LogP) is 4.42. The summed E-state index contributed by atoms with van der Waals surface area (Å²) in [6.07, 6.45) is 7.68. The highest BCUT2D eigenvalue weighted by atomic mass is 35.5. The molecule has 1 N–H and O–H groups in total. The first-order valence-corrected chi connectivity index (χ1v) is 10.2. The number of rotatable bonds is 7. The molecule has 1 aliphatic carbocycles. The predicted molar refractivity (Wildman–Crippen MR) is 120 cm³/mol. The van der Waals surface area contributed by atoms with Crippen molar-refractivity contribution < 1.29 is 9.21 Å². The highest BCUT2D eigenvalue weighted by molar-refractivity contribution is 5.85. The molecule has 0 atom stereocenters. The number of halogens is 2. The van der Waals surface area contributed by atoms with E-state index in [9.17, 15) is 4.79 Å². The molecule has 4 rings (SSSR count). The van der Waals surface area contributed by atoms with Gasteiger partial charge < -0.3 is 14.6 Å². The molecule has 0 radical (unpaired) electrons. The summed E-state index contributed by atoms with van der Waals surface area (Å²) in [4.78, 5) is 18.8. The van der Waals surface area contributed by atoms with Crippen LogP contribution in [0.4, 0.5) is 0 Å². The van der Waals surface area contributed by atoms with Crippen LogP contribution in [0.1, 0.15) is 43.6 Å². The van der Waals surface area contributed by atoms with Gasteiger partial charge in [0.25, 0.3) is 0 Å². The summed E-state index contributed by atoms with van der Waals surface area (Å²) in [5.74, 6) is 2.53. The fraction of sp³-hybridized carbons (Fsp3) is 0.545. The Morgan fingerprint density at radius 3 is 2.48 bits per heavy atom. The minimum Gasteiger partial charge on any atom is -0.441 e. The van der Waals surface area contributed by atoms with Gasteiger partial charge in [0.1, 0.15) is 0 Å². The first-order chi connectivity index (χ1) is 13.2. The number of benzene rings is 1. The van der Waals surface area contributed by atoms with Crippen LogP contribution in [-0.4, -0.2) is 41.5 Å². The molecule has 1 saturated heterocycles. The van der Waals surface area contributed by atoms with Crippen molar-refractivity contribution in [2.45, 2.75) is 51.5 Å². The van der Waals surface area contributed by atoms with Gasteiger partial charge in [0.15, 0.2) is 11.7 Å². The Hall–Kier alpha value is -1.56. The molecule has 0 spiro atoms. The Morgan fingerprint density at radius 1 is 1.14 bits per heavy atom. The summed E-state index contributed by atoms with van der Waals surface area (Å²) in [5.41, 5.74) is 2.24. The second-order valence-electron chi connectivity index (χ2n) is 7.99. The maximum atomic E-state index is 12.5. The summed E-state index contributed by atoms with van der Waals surface area (Å²) in [6, 6.07) is 8.77. The Labute approximate surface area is 185 Å². The highest BCUT2D eigenvalue weighted by Gasteiger charge is 2.26. The van der Waals surface area contributed by atoms with Crippen LogP contribution in [0.5, 0.6) is 0 Å². The lowest BCUT2D eigenvalue weighted by Gasteiger charge is -2.32. The van der Waals surface area contributed by atoms with Crippen molar-refractivity contribution in [3.05, 3.63) is 41.9 Å². The van der Waals surface area contributed by atoms with Gasteiger partial charge in [-0.3, -0.25) is 4.79 Å². The van der Waals surface area contributed by atoms with Gasteiger partial charge in [0.2, 0.25) is 5.91 Å². The van der Waals surface area contributed by atoms with E-state index in [1.165, 1.54) is 18.4 Å². The van der Waals surface area contributed by atoms with Crippen LogP contribution in [0.15, 0.2) is 34.9 Å². The van der Waals surface area contributed by atoms with E-state index in [1.807, 2.05) is 17.0 Å². The van der Waals surface area contributed by atoms with E-state index in [0.717, 1.165) is 49.7 Å². The average Bonchev–Trinajstić information content (AvgIpc) is 3.41. The second-order valence-corrected chi connectivity index (χ2v) is 7.99. The Balaban J connectivity index is 0.00000150. The van der Waals surface area contributed by atoms with Gasteiger partial charge in [-0.05, 0) is 45.1 Å². The van der Waals surface area contributed by atoms with Crippen molar-refractivity contribution >= 4 is 30.7 Å². The molecule has 2 aromatic rings. The second kappa shape index (κ2) is 11.0. The summed E-state index contributed by atoms with van der Waals surface area (Å²) < 4.78 is 5.83. The van der Waals surface area contributed by atoms with E-state index in [1.54, 1.807) is 6.20 Å². The third kappa shape index (κ3) is 6.73. The van der Waals surface area contributed by atoms with Crippen LogP contribution in [0.3, 0.4) is 0 Å². The van der Waals surface area contributed by atoms with Crippen molar-refractivity contribution in [2.75, 3.05) is 19.6 Å². The van der Waals surface area contributed by atoms with E-state index in [4.69, 9.17) is 4.42 Å². The number of aryl methyl sites for hydroxylation is 2. The molecule has 1 saturated carbocycles. The summed E-state index contributed by atoms with van der Waals surface area (Å²) >= 11 is 0. The fourth-order valence-corrected chi connectivity index (χ4v) is 3.64. The van der Waals surface area contributed by atoms with Crippen molar-refractivity contribution in [1.29, 1.82) is 0 Å². The number of hydrogen-bond donors (Lipinski definition) is 1. The molecule has 0 unspecified atom stereocenters. The molecule has 160 valence electrons. The molecule has 5 nitrogen and oxygen atoms in total. The van der Waals surface area contributed by atoms with Crippen LogP contribution in [0.25, 0.3) is 11.3 Å². The molecule has 1 amide bonds. The molecule has 1 aromatic heterocycles. The van der Waals surface area contributed by atoms with Crippen molar-refractivity contribution in [3.63, 3.8) is 0 Å². The number of amides is 1. The van der Waals surface area contributed by atoms with Gasteiger partial charge >= 0.3 is 0 Å². The Morgan fingerprint density at radius 2 is 1.83 bits per heavy atom. The Kier molecular flexibility index (Phi) is 9.00. The number of carbonyl (C=O) groups excluding carboxylic acids is 1. The summed E-state index contributed by atoms with van der Waals surface area (Å²) in [7, 11) is 0. The topological polar surface area (TPSA) is 58.4 Å². The maximum absolute atomic E-state index is 12.5. The number of oxazole rings is 1. The van der Waals surface area contributed by atoms with Crippen LogP contribution in [-0.2, 0) is 11.2 Å². The van der Waals surface area contributed by atoms with Crippen LogP contribution in [0.2, 0.25) is 0 Å². The van der Waals surface area contributed by atoms with Crippen LogP contribution in [0, 0.1) is 12.8 Å². The molecule has 1 aliphatic heterocycles. The standard InChI is InChI=1S/C22H29N3O2.2ClH/c1-16-2-6-18(7-3-16)20-15-24-21(27-20)8-9-22(26)25-12-10-19(11-13-25)23-14-17-4-5-17;;/h2-3,6-7,15,17,19,23H,4-5,8-14H2,1H3;2*1H. The van der Waals surface area contributed by atoms with Crippen molar-refractivity contribution in [2.24, 2.45) is 5.92 Å². The monoisotopic (exact) mass is 439 g/mol. The number of carbonyl (C=O) groups is 1. The first kappa shape index (κ1) is 23.7. The van der Waals surface area contributed by atoms with Crippen molar-refractivity contribution in [1.82, 2.24) is 15.2 Å². The molecule has 2 aliphatic rings. The molecular weight excluding hydrogens is 409 g/mol. The molecule has 7 heteroatoms. The zero-order valence-electron chi connectivity index (χ0n) is 16.9. The van der Waals surface area contributed by atoms with E-state index in [-0.39, 0.29) is 30.7 Å². The van der Waals surface area contributed by atoms with Crippen LogP contribution < -0.4 is 5.32 Å². The quantitative estimate of drug-likeness (QED) is 0.693. The van der Waals surface area contributed by atoms with Crippen LogP contribution >= 0.6 is 24.8 Å². The number of nitrogens with one attached hydrogen (secondary N) is 1. The lowest BCUT2D eigenvalue weighted by atomic mass is 10.0. The average molecular weight is 440 g/mol. The van der Waals surface area contributed by atoms with Gasteiger partial charge in [0, 0.05) is 37.5 Å². The first-order valence-electron chi connectivity index (χ1n) is 10.2. The largest absolute Gasteiger partial charge is 0.441 e. The summed E-state index contributed by atoms with van der Waals surface area (Å²) in [5, 5.41) is 3.66. The maximum Gasteiger partial charge on any atom is 0.223 e. The molecule has 2 heterocycles. The lowest BCUT2D eigenvalue weighted by Crippen LogP contribution is -2.45. The van der Waals surface area contributed by atoms with E-state index in [2.05, 4.69) is 29.4 Å². The van der Waals surface area contributed by atoms with Gasteiger partial charge in [-0.1, -0.05) is 29.8 Å². The highest BCUT2D eigenvalue weighted by Crippen LogP contribution is 2.28. The normalized spacial score (nSPS) is 16.8. The third-order valence-corrected chi connectivity index (χ3v) is 5.68. The molecule has 29 heavy (non-hydrogen) atoms. The third-order valence-electron chi connectivity index (χ3n) is 5.68. The molecule has 0 bridgehead atoms. The Bertz CT molecular complexity index is 767. The van der Waals surface area contributed by atoms with Gasteiger partial charge in [0.05, 0.1) is 6.20 Å². The zero-order chi connectivity index (χ0) is 18.6. The molecular formula is C22H31Cl2N3O2.